The summed E-state index contributed by atoms with van der Waals surface area (Å²) in [6.45, 7) is 6.00. The van der Waals surface area contributed by atoms with Crippen molar-refractivity contribution in [1.82, 2.24) is 9.21 Å². The van der Waals surface area contributed by atoms with Crippen molar-refractivity contribution in [2.24, 2.45) is 0 Å². The van der Waals surface area contributed by atoms with E-state index in [2.05, 4.69) is 52.5 Å². The molecule has 0 spiro atoms. The molecule has 1 aromatic rings. The molecule has 1 fully saturated rings. The highest BCUT2D eigenvalue weighted by Crippen LogP contribution is 2.43. The number of likely N-dealkylation sites (N-methyl/N-ethyl adjacent to an activating group) is 1. The molecule has 1 aliphatic heterocycles. The normalized spacial score (nSPS) is 20.4. The number of benzene rings is 2. The van der Waals surface area contributed by atoms with Crippen LogP contribution in [0.15, 0.2) is 48.5 Å². The molecule has 2 atom stereocenters. The average molecular weight is 359 g/mol. The van der Waals surface area contributed by atoms with Crippen LogP contribution in [0.25, 0.3) is 11.1 Å². The summed E-state index contributed by atoms with van der Waals surface area (Å²) in [5, 5.41) is 0. The topological polar surface area (TPSA) is 38.8 Å². The standard InChI is InChI=1S/C13H20N2OS.C7H6O/c1-3-14-9-10-15(17(2)16)11-13(14)12-7-5-4-6-8-12;1-8-7-3-2-5-4-6(5)7/h4-8,13H,3,9-11H2,1-2H3;2-4H,1H3. The Kier molecular flexibility index (Phi) is 6.02. The van der Waals surface area contributed by atoms with E-state index in [1.165, 1.54) is 16.7 Å². The van der Waals surface area contributed by atoms with Gasteiger partial charge in [0.05, 0.1) is 26.2 Å². The zero-order valence-electron chi connectivity index (χ0n) is 15.1. The van der Waals surface area contributed by atoms with Crippen molar-refractivity contribution in [3.8, 4) is 16.9 Å². The molecule has 1 heterocycles. The van der Waals surface area contributed by atoms with E-state index in [-0.39, 0.29) is 0 Å². The van der Waals surface area contributed by atoms with Crippen LogP contribution in [0, 0.1) is 0 Å². The Balaban J connectivity index is 0.000000188. The molecular weight excluding hydrogens is 332 g/mol. The van der Waals surface area contributed by atoms with Gasteiger partial charge in [-0.2, -0.15) is 0 Å². The largest absolute Gasteiger partial charge is 0.598 e. The lowest BCUT2D eigenvalue weighted by Crippen LogP contribution is -2.49. The Hall–Kier alpha value is -1.53. The maximum atomic E-state index is 11.6. The Morgan fingerprint density at radius 1 is 1.16 bits per heavy atom. The van der Waals surface area contributed by atoms with Gasteiger partial charge in [-0.15, -0.1) is 4.31 Å². The molecule has 5 heteroatoms. The van der Waals surface area contributed by atoms with E-state index in [9.17, 15) is 4.55 Å². The fourth-order valence-corrected chi connectivity index (χ4v) is 3.99. The Morgan fingerprint density at radius 3 is 2.40 bits per heavy atom. The molecule has 2 unspecified atom stereocenters. The summed E-state index contributed by atoms with van der Waals surface area (Å²) >= 11 is -0.857. The minimum absolute atomic E-state index is 0.374. The molecule has 25 heavy (non-hydrogen) atoms. The quantitative estimate of drug-likeness (QED) is 0.671. The summed E-state index contributed by atoms with van der Waals surface area (Å²) in [6, 6.07) is 17.1. The van der Waals surface area contributed by atoms with E-state index in [4.69, 9.17) is 4.74 Å². The first-order valence-electron chi connectivity index (χ1n) is 8.70. The van der Waals surface area contributed by atoms with Crippen molar-refractivity contribution in [1.29, 1.82) is 0 Å². The van der Waals surface area contributed by atoms with Gasteiger partial charge in [0.1, 0.15) is 12.0 Å². The van der Waals surface area contributed by atoms with E-state index in [0.717, 1.165) is 31.9 Å². The fraction of sp³-hybridized carbons (Fsp3) is 0.400. The second-order valence-electron chi connectivity index (χ2n) is 6.28. The second-order valence-corrected chi connectivity index (χ2v) is 7.65. The molecule has 1 saturated heterocycles. The summed E-state index contributed by atoms with van der Waals surface area (Å²) in [6.07, 6.45) is 1.77. The molecule has 0 bridgehead atoms. The summed E-state index contributed by atoms with van der Waals surface area (Å²) in [7, 11) is 1.70. The number of piperazine rings is 1. The van der Waals surface area contributed by atoms with Crippen LogP contribution in [0.1, 0.15) is 18.5 Å². The number of ether oxygens (including phenoxy) is 1. The minimum Gasteiger partial charge on any atom is -0.598 e. The summed E-state index contributed by atoms with van der Waals surface area (Å²) in [5.41, 5.74) is 3.94. The van der Waals surface area contributed by atoms with Crippen molar-refractivity contribution in [3.05, 3.63) is 54.1 Å². The Bertz CT molecular complexity index is 693. The number of rotatable bonds is 4. The first-order chi connectivity index (χ1) is 12.1. The molecule has 0 N–H and O–H groups in total. The lowest BCUT2D eigenvalue weighted by atomic mass is 10.0. The predicted octanol–water partition coefficient (Wildman–Crippen LogP) is 3.33. The summed E-state index contributed by atoms with van der Waals surface area (Å²) in [5.74, 6) is 1.01. The van der Waals surface area contributed by atoms with Crippen LogP contribution in [0.5, 0.6) is 5.75 Å². The monoisotopic (exact) mass is 358 g/mol. The molecule has 0 amide bonds. The average Bonchev–Trinajstić information content (AvgIpc) is 3.33. The molecular formula is C20H26N2O2S. The molecule has 1 aromatic carbocycles. The van der Waals surface area contributed by atoms with Gasteiger partial charge in [-0.25, -0.2) is 0 Å². The smallest absolute Gasteiger partial charge is 0.126 e. The van der Waals surface area contributed by atoms with Gasteiger partial charge < -0.3 is 9.29 Å². The van der Waals surface area contributed by atoms with Crippen LogP contribution >= 0.6 is 0 Å². The van der Waals surface area contributed by atoms with Gasteiger partial charge in [0.2, 0.25) is 0 Å². The van der Waals surface area contributed by atoms with Gasteiger partial charge >= 0.3 is 0 Å². The third-order valence-electron chi connectivity index (χ3n) is 4.84. The lowest BCUT2D eigenvalue weighted by molar-refractivity contribution is 0.125. The highest BCUT2D eigenvalue weighted by atomic mass is 32.2. The van der Waals surface area contributed by atoms with E-state index in [0.29, 0.717) is 6.04 Å². The number of methoxy groups -OCH3 is 1. The highest BCUT2D eigenvalue weighted by Gasteiger charge is 2.31. The number of fused-ring (bicyclic) bond motifs is 1. The zero-order valence-corrected chi connectivity index (χ0v) is 16.0. The van der Waals surface area contributed by atoms with Crippen molar-refractivity contribution in [2.75, 3.05) is 39.5 Å². The number of hydrogen-bond donors (Lipinski definition) is 0. The van der Waals surface area contributed by atoms with Gasteiger partial charge in [-0.05, 0) is 29.8 Å². The SMILES string of the molecule is CCN1CCN([S+](C)[O-])CC1c1ccccc1.COc1ccc2cc1-2. The molecule has 0 radical (unpaired) electrons. The predicted molar refractivity (Wildman–Crippen MR) is 104 cm³/mol. The molecule has 134 valence electrons. The zero-order chi connectivity index (χ0) is 17.8. The van der Waals surface area contributed by atoms with Crippen molar-refractivity contribution in [3.63, 3.8) is 0 Å². The van der Waals surface area contributed by atoms with Gasteiger partial charge in [0, 0.05) is 23.5 Å². The van der Waals surface area contributed by atoms with Crippen molar-refractivity contribution < 1.29 is 9.29 Å². The Labute approximate surface area is 153 Å². The van der Waals surface area contributed by atoms with E-state index in [1.807, 2.05) is 12.1 Å². The van der Waals surface area contributed by atoms with Crippen LogP contribution in [0.2, 0.25) is 0 Å². The maximum absolute atomic E-state index is 11.6. The first kappa shape index (κ1) is 18.3. The molecule has 0 saturated carbocycles. The van der Waals surface area contributed by atoms with E-state index in [1.54, 1.807) is 13.4 Å². The van der Waals surface area contributed by atoms with Crippen LogP contribution in [0.3, 0.4) is 0 Å². The van der Waals surface area contributed by atoms with Crippen LogP contribution in [-0.4, -0.2) is 53.3 Å². The van der Waals surface area contributed by atoms with E-state index >= 15 is 0 Å². The lowest BCUT2D eigenvalue weighted by Gasteiger charge is -2.39. The fourth-order valence-electron chi connectivity index (χ4n) is 3.30. The number of nitrogens with zero attached hydrogens (tertiary/aromatic N) is 2. The first-order valence-corrected chi connectivity index (χ1v) is 10.2. The molecule has 4 rings (SSSR count). The molecule has 0 aromatic heterocycles. The van der Waals surface area contributed by atoms with Gasteiger partial charge in [-0.3, -0.25) is 4.90 Å². The van der Waals surface area contributed by atoms with Gasteiger partial charge in [-0.1, -0.05) is 43.3 Å². The Morgan fingerprint density at radius 2 is 1.92 bits per heavy atom. The van der Waals surface area contributed by atoms with Crippen molar-refractivity contribution >= 4 is 11.4 Å². The summed E-state index contributed by atoms with van der Waals surface area (Å²) < 4.78 is 18.7. The van der Waals surface area contributed by atoms with Gasteiger partial charge in [0.15, 0.2) is 0 Å². The third-order valence-corrected chi connectivity index (χ3v) is 5.89. The highest BCUT2D eigenvalue weighted by molar-refractivity contribution is 7.88. The van der Waals surface area contributed by atoms with Crippen LogP contribution in [-0.2, 0) is 11.4 Å². The minimum atomic E-state index is -0.857. The second kappa shape index (κ2) is 8.23. The van der Waals surface area contributed by atoms with Gasteiger partial charge in [0.25, 0.3) is 0 Å². The van der Waals surface area contributed by atoms with E-state index < -0.39 is 11.4 Å². The van der Waals surface area contributed by atoms with Crippen LogP contribution in [0.4, 0.5) is 0 Å². The number of hydrogen-bond acceptors (Lipinski definition) is 4. The van der Waals surface area contributed by atoms with Crippen molar-refractivity contribution in [2.45, 2.75) is 13.0 Å². The molecule has 3 aliphatic rings. The van der Waals surface area contributed by atoms with Crippen LogP contribution < -0.4 is 4.74 Å². The molecule has 2 aliphatic carbocycles. The third kappa shape index (κ3) is 4.36. The maximum Gasteiger partial charge on any atom is 0.126 e. The summed E-state index contributed by atoms with van der Waals surface area (Å²) in [4.78, 5) is 2.46. The molecule has 4 nitrogen and oxygen atoms in total.